The summed E-state index contributed by atoms with van der Waals surface area (Å²) in [7, 11) is 3.13. The maximum Gasteiger partial charge on any atom is 0.209 e. The van der Waals surface area contributed by atoms with Crippen molar-refractivity contribution in [3.8, 4) is 0 Å². The molecule has 0 atom stereocenters. The van der Waals surface area contributed by atoms with Crippen molar-refractivity contribution in [1.29, 1.82) is 0 Å². The van der Waals surface area contributed by atoms with E-state index in [0.29, 0.717) is 27.5 Å². The van der Waals surface area contributed by atoms with E-state index >= 15 is 0 Å². The molecule has 0 bridgehead atoms. The van der Waals surface area contributed by atoms with Crippen LogP contribution in [0.3, 0.4) is 0 Å². The van der Waals surface area contributed by atoms with Crippen LogP contribution in [0.15, 0.2) is 23.4 Å². The molecule has 0 amide bonds. The van der Waals surface area contributed by atoms with Crippen molar-refractivity contribution in [1.82, 2.24) is 20.2 Å². The summed E-state index contributed by atoms with van der Waals surface area (Å²) in [5.41, 5.74) is 0.929. The van der Waals surface area contributed by atoms with E-state index in [2.05, 4.69) is 15.5 Å². The topological polar surface area (TPSA) is 62.1 Å². The van der Waals surface area contributed by atoms with Gasteiger partial charge in [-0.3, -0.25) is 0 Å². The van der Waals surface area contributed by atoms with Gasteiger partial charge >= 0.3 is 0 Å². The van der Waals surface area contributed by atoms with Crippen molar-refractivity contribution in [3.05, 3.63) is 33.8 Å². The molecule has 1 aromatic carbocycles. The van der Waals surface area contributed by atoms with Crippen molar-refractivity contribution < 1.29 is 9.47 Å². The Hall–Kier alpha value is -0.860. The Morgan fingerprint density at radius 3 is 2.76 bits per heavy atom. The highest BCUT2D eigenvalue weighted by Crippen LogP contribution is 2.30. The van der Waals surface area contributed by atoms with Gasteiger partial charge in [-0.1, -0.05) is 47.1 Å². The second-order valence-electron chi connectivity index (χ2n) is 4.05. The summed E-state index contributed by atoms with van der Waals surface area (Å²) < 4.78 is 11.9. The molecule has 0 saturated carbocycles. The van der Waals surface area contributed by atoms with E-state index in [0.717, 1.165) is 5.56 Å². The molecule has 0 aliphatic carbocycles. The van der Waals surface area contributed by atoms with Gasteiger partial charge in [0.05, 0.1) is 16.6 Å². The lowest BCUT2D eigenvalue weighted by atomic mass is 10.2. The first kappa shape index (κ1) is 16.5. The first-order chi connectivity index (χ1) is 10.2. The van der Waals surface area contributed by atoms with Crippen LogP contribution in [0.1, 0.15) is 5.56 Å². The number of nitrogens with zero attached hydrogens (tertiary/aromatic N) is 4. The van der Waals surface area contributed by atoms with Crippen LogP contribution in [0.5, 0.6) is 0 Å². The van der Waals surface area contributed by atoms with E-state index in [1.54, 1.807) is 25.0 Å². The maximum atomic E-state index is 6.16. The SMILES string of the molecule is COC(Cn1nnnc1SCc1cccc(Cl)c1Cl)OC. The molecule has 0 aliphatic rings. The molecule has 1 heterocycles. The lowest BCUT2D eigenvalue weighted by molar-refractivity contribution is -0.113. The third-order valence-corrected chi connectivity index (χ3v) is 4.60. The van der Waals surface area contributed by atoms with Gasteiger partial charge in [0.1, 0.15) is 0 Å². The number of halogens is 2. The molecule has 114 valence electrons. The van der Waals surface area contributed by atoms with Crippen LogP contribution in [0.4, 0.5) is 0 Å². The van der Waals surface area contributed by atoms with Crippen LogP contribution in [0.25, 0.3) is 0 Å². The number of hydrogen-bond acceptors (Lipinski definition) is 6. The van der Waals surface area contributed by atoms with Crippen LogP contribution in [-0.2, 0) is 21.8 Å². The minimum absolute atomic E-state index is 0.400. The van der Waals surface area contributed by atoms with Crippen LogP contribution in [-0.4, -0.2) is 40.7 Å². The highest BCUT2D eigenvalue weighted by atomic mass is 35.5. The first-order valence-electron chi connectivity index (χ1n) is 6.03. The van der Waals surface area contributed by atoms with Gasteiger partial charge in [-0.2, -0.15) is 0 Å². The molecule has 0 spiro atoms. The van der Waals surface area contributed by atoms with E-state index in [-0.39, 0.29) is 0 Å². The minimum Gasteiger partial charge on any atom is -0.354 e. The summed E-state index contributed by atoms with van der Waals surface area (Å²) in [6.45, 7) is 0.408. The maximum absolute atomic E-state index is 6.16. The van der Waals surface area contributed by atoms with Crippen LogP contribution in [0, 0.1) is 0 Å². The zero-order chi connectivity index (χ0) is 15.2. The van der Waals surface area contributed by atoms with Gasteiger partial charge < -0.3 is 9.47 Å². The fraction of sp³-hybridized carbons (Fsp3) is 0.417. The highest BCUT2D eigenvalue weighted by Gasteiger charge is 2.14. The van der Waals surface area contributed by atoms with Crippen LogP contribution < -0.4 is 0 Å². The second-order valence-corrected chi connectivity index (χ2v) is 5.77. The number of thioether (sulfide) groups is 1. The van der Waals surface area contributed by atoms with Gasteiger partial charge in [0.15, 0.2) is 6.29 Å². The lowest BCUT2D eigenvalue weighted by Gasteiger charge is -2.13. The number of ether oxygens (including phenoxy) is 2. The Morgan fingerprint density at radius 1 is 1.29 bits per heavy atom. The highest BCUT2D eigenvalue weighted by molar-refractivity contribution is 7.98. The molecule has 6 nitrogen and oxygen atoms in total. The molecular formula is C12H14Cl2N4O2S. The summed E-state index contributed by atoms with van der Waals surface area (Å²) in [5.74, 6) is 0.615. The molecule has 0 N–H and O–H groups in total. The number of benzene rings is 1. The molecule has 0 fully saturated rings. The zero-order valence-electron chi connectivity index (χ0n) is 11.5. The van der Waals surface area contributed by atoms with Gasteiger partial charge in [0, 0.05) is 20.0 Å². The van der Waals surface area contributed by atoms with Crippen LogP contribution >= 0.6 is 35.0 Å². The zero-order valence-corrected chi connectivity index (χ0v) is 13.8. The predicted molar refractivity (Wildman–Crippen MR) is 81.6 cm³/mol. The minimum atomic E-state index is -0.400. The molecule has 21 heavy (non-hydrogen) atoms. The van der Waals surface area contributed by atoms with E-state index in [9.17, 15) is 0 Å². The average molecular weight is 349 g/mol. The number of rotatable bonds is 7. The van der Waals surface area contributed by atoms with Crippen molar-refractivity contribution in [2.45, 2.75) is 23.7 Å². The molecule has 9 heteroatoms. The molecular weight excluding hydrogens is 335 g/mol. The summed E-state index contributed by atoms with van der Waals surface area (Å²) in [5, 5.41) is 13.3. The molecule has 0 aliphatic heterocycles. The smallest absolute Gasteiger partial charge is 0.209 e. The second kappa shape index (κ2) is 7.95. The molecule has 0 radical (unpaired) electrons. The third-order valence-electron chi connectivity index (χ3n) is 2.74. The number of tetrazole rings is 1. The summed E-state index contributed by atoms with van der Waals surface area (Å²) in [6, 6.07) is 5.53. The summed E-state index contributed by atoms with van der Waals surface area (Å²) >= 11 is 13.6. The van der Waals surface area contributed by atoms with Crippen molar-refractivity contribution in [2.75, 3.05) is 14.2 Å². The monoisotopic (exact) mass is 348 g/mol. The molecule has 2 rings (SSSR count). The van der Waals surface area contributed by atoms with Gasteiger partial charge in [-0.05, 0) is 22.1 Å². The van der Waals surface area contributed by atoms with Crippen LogP contribution in [0.2, 0.25) is 10.0 Å². The predicted octanol–water partition coefficient (Wildman–Crippen LogP) is 2.89. The Bertz CT molecular complexity index is 592. The average Bonchev–Trinajstić information content (AvgIpc) is 2.93. The molecule has 1 aromatic heterocycles. The Balaban J connectivity index is 2.04. The lowest BCUT2D eigenvalue weighted by Crippen LogP contribution is -2.21. The molecule has 0 saturated heterocycles. The van der Waals surface area contributed by atoms with Gasteiger partial charge in [-0.15, -0.1) is 5.10 Å². The standard InChI is InChI=1S/C12H14Cl2N4O2S/c1-19-10(20-2)6-18-12(15-16-17-18)21-7-8-4-3-5-9(13)11(8)14/h3-5,10H,6-7H2,1-2H3. The Labute approximate surface area is 136 Å². The van der Waals surface area contributed by atoms with Crippen molar-refractivity contribution >= 4 is 35.0 Å². The normalized spacial score (nSPS) is 11.3. The van der Waals surface area contributed by atoms with Crippen molar-refractivity contribution in [2.24, 2.45) is 0 Å². The van der Waals surface area contributed by atoms with E-state index in [1.807, 2.05) is 12.1 Å². The Morgan fingerprint density at radius 2 is 2.05 bits per heavy atom. The first-order valence-corrected chi connectivity index (χ1v) is 7.77. The fourth-order valence-electron chi connectivity index (χ4n) is 1.60. The number of aromatic nitrogens is 4. The largest absolute Gasteiger partial charge is 0.354 e. The van der Waals surface area contributed by atoms with E-state index < -0.39 is 6.29 Å². The van der Waals surface area contributed by atoms with Gasteiger partial charge in [0.25, 0.3) is 0 Å². The summed E-state index contributed by atoms with van der Waals surface area (Å²) in [6.07, 6.45) is -0.400. The third kappa shape index (κ3) is 4.31. The number of methoxy groups -OCH3 is 2. The number of hydrogen-bond donors (Lipinski definition) is 0. The van der Waals surface area contributed by atoms with Gasteiger partial charge in [0.2, 0.25) is 5.16 Å². The Kier molecular flexibility index (Phi) is 6.25. The van der Waals surface area contributed by atoms with Crippen molar-refractivity contribution in [3.63, 3.8) is 0 Å². The van der Waals surface area contributed by atoms with E-state index in [4.69, 9.17) is 32.7 Å². The fourth-order valence-corrected chi connectivity index (χ4v) is 2.95. The molecule has 0 unspecified atom stereocenters. The molecule has 2 aromatic rings. The van der Waals surface area contributed by atoms with Gasteiger partial charge in [-0.25, -0.2) is 4.68 Å². The quantitative estimate of drug-likeness (QED) is 0.566. The van der Waals surface area contributed by atoms with E-state index in [1.165, 1.54) is 11.8 Å². The summed E-state index contributed by atoms with van der Waals surface area (Å²) in [4.78, 5) is 0.